The van der Waals surface area contributed by atoms with E-state index in [4.69, 9.17) is 0 Å². The Morgan fingerprint density at radius 1 is 1.11 bits per heavy atom. The lowest BCUT2D eigenvalue weighted by atomic mass is 10.0. The number of amides is 2. The Morgan fingerprint density at radius 2 is 1.91 bits per heavy atom. The number of nitrogens with one attached hydrogen (secondary N) is 2. The van der Waals surface area contributed by atoms with Crippen molar-refractivity contribution in [2.75, 3.05) is 11.9 Å². The van der Waals surface area contributed by atoms with Crippen LogP contribution >= 0.6 is 11.3 Å². The van der Waals surface area contributed by atoms with E-state index in [1.54, 1.807) is 18.2 Å². The highest BCUT2D eigenvalue weighted by atomic mass is 32.1. The molecular formula is C24H22F4N4O2S. The van der Waals surface area contributed by atoms with Crippen LogP contribution in [0.3, 0.4) is 0 Å². The minimum Gasteiger partial charge on any atom is -0.350 e. The van der Waals surface area contributed by atoms with Crippen LogP contribution in [0.1, 0.15) is 40.9 Å². The number of hydrogen-bond acceptors (Lipinski definition) is 5. The van der Waals surface area contributed by atoms with Gasteiger partial charge in [-0.1, -0.05) is 24.3 Å². The molecule has 1 fully saturated rings. The van der Waals surface area contributed by atoms with Crippen molar-refractivity contribution in [1.29, 1.82) is 0 Å². The van der Waals surface area contributed by atoms with Gasteiger partial charge in [-0.2, -0.15) is 13.2 Å². The minimum absolute atomic E-state index is 0.0886. The van der Waals surface area contributed by atoms with E-state index < -0.39 is 35.4 Å². The molecule has 184 valence electrons. The molecule has 1 aromatic heterocycles. The van der Waals surface area contributed by atoms with Gasteiger partial charge in [-0.15, -0.1) is 11.3 Å². The predicted octanol–water partition coefficient (Wildman–Crippen LogP) is 5.36. The average Bonchev–Trinajstić information content (AvgIpc) is 3.32. The summed E-state index contributed by atoms with van der Waals surface area (Å²) in [6.45, 7) is 0.267. The lowest BCUT2D eigenvalue weighted by molar-refractivity contribution is -0.137. The van der Waals surface area contributed by atoms with E-state index in [2.05, 4.69) is 15.6 Å². The molecule has 35 heavy (non-hydrogen) atoms. The van der Waals surface area contributed by atoms with Gasteiger partial charge in [0.05, 0.1) is 11.3 Å². The molecule has 2 N–H and O–H groups in total. The van der Waals surface area contributed by atoms with Crippen LogP contribution in [0.2, 0.25) is 0 Å². The Kier molecular flexibility index (Phi) is 7.34. The van der Waals surface area contributed by atoms with Gasteiger partial charge >= 0.3 is 6.18 Å². The van der Waals surface area contributed by atoms with Crippen LogP contribution in [0, 0.1) is 5.82 Å². The number of piperidine rings is 1. The van der Waals surface area contributed by atoms with Crippen LogP contribution in [-0.4, -0.2) is 34.3 Å². The number of carbonyl (C=O) groups is 2. The molecule has 4 rings (SSSR count). The summed E-state index contributed by atoms with van der Waals surface area (Å²) in [6.07, 6.45) is -2.58. The van der Waals surface area contributed by atoms with Gasteiger partial charge in [0.25, 0.3) is 5.91 Å². The quantitative estimate of drug-likeness (QED) is 0.442. The zero-order valence-corrected chi connectivity index (χ0v) is 19.3. The van der Waals surface area contributed by atoms with Gasteiger partial charge in [-0.05, 0) is 49.1 Å². The first-order chi connectivity index (χ1) is 16.7. The molecule has 2 heterocycles. The Labute approximate surface area is 203 Å². The van der Waals surface area contributed by atoms with Crippen molar-refractivity contribution in [2.45, 2.75) is 38.0 Å². The molecular weight excluding hydrogens is 484 g/mol. The summed E-state index contributed by atoms with van der Waals surface area (Å²) < 4.78 is 52.7. The summed E-state index contributed by atoms with van der Waals surface area (Å²) >= 11 is 1.14. The number of hydrogen-bond donors (Lipinski definition) is 2. The molecule has 0 spiro atoms. The summed E-state index contributed by atoms with van der Waals surface area (Å²) in [5, 5.41) is 7.37. The van der Waals surface area contributed by atoms with Gasteiger partial charge in [0.1, 0.15) is 17.6 Å². The lowest BCUT2D eigenvalue weighted by Crippen LogP contribution is -2.51. The van der Waals surface area contributed by atoms with Crippen molar-refractivity contribution in [2.24, 2.45) is 0 Å². The number of halogens is 4. The van der Waals surface area contributed by atoms with Crippen LogP contribution in [0.5, 0.6) is 0 Å². The van der Waals surface area contributed by atoms with Crippen molar-refractivity contribution >= 4 is 34.0 Å². The third-order valence-electron chi connectivity index (χ3n) is 5.63. The highest BCUT2D eigenvalue weighted by Gasteiger charge is 2.34. The van der Waals surface area contributed by atoms with Crippen molar-refractivity contribution in [3.63, 3.8) is 0 Å². The first-order valence-electron chi connectivity index (χ1n) is 10.9. The molecule has 1 aliphatic rings. The van der Waals surface area contributed by atoms with Crippen molar-refractivity contribution < 1.29 is 27.2 Å². The predicted molar refractivity (Wildman–Crippen MR) is 124 cm³/mol. The largest absolute Gasteiger partial charge is 0.416 e. The number of nitrogens with zero attached hydrogens (tertiary/aromatic N) is 2. The Hall–Kier alpha value is -3.47. The maximum atomic E-state index is 13.9. The zero-order chi connectivity index (χ0) is 25.0. The maximum absolute atomic E-state index is 13.9. The second kappa shape index (κ2) is 10.4. The molecule has 3 aromatic rings. The molecule has 0 bridgehead atoms. The molecule has 1 atom stereocenters. The summed E-state index contributed by atoms with van der Waals surface area (Å²) in [5.41, 5.74) is -0.121. The normalized spacial score (nSPS) is 16.1. The summed E-state index contributed by atoms with van der Waals surface area (Å²) in [7, 11) is 0. The Bertz CT molecular complexity index is 1210. The average molecular weight is 507 g/mol. The number of aromatic nitrogens is 1. The Morgan fingerprint density at radius 3 is 2.69 bits per heavy atom. The molecule has 1 aliphatic heterocycles. The van der Waals surface area contributed by atoms with Crippen molar-refractivity contribution in [1.82, 2.24) is 15.2 Å². The molecule has 1 unspecified atom stereocenters. The van der Waals surface area contributed by atoms with Gasteiger partial charge in [0, 0.05) is 18.5 Å². The lowest BCUT2D eigenvalue weighted by Gasteiger charge is -2.34. The monoisotopic (exact) mass is 506 g/mol. The number of thiazole rings is 1. The van der Waals surface area contributed by atoms with Crippen molar-refractivity contribution in [3.8, 4) is 0 Å². The van der Waals surface area contributed by atoms with Crippen LogP contribution < -0.4 is 10.6 Å². The van der Waals surface area contributed by atoms with Gasteiger partial charge in [0.15, 0.2) is 5.13 Å². The van der Waals surface area contributed by atoms with E-state index in [0.29, 0.717) is 30.1 Å². The van der Waals surface area contributed by atoms with Gasteiger partial charge < -0.3 is 15.5 Å². The molecule has 0 saturated carbocycles. The third kappa shape index (κ3) is 5.97. The van der Waals surface area contributed by atoms with E-state index >= 15 is 0 Å². The smallest absolute Gasteiger partial charge is 0.350 e. The van der Waals surface area contributed by atoms with Crippen LogP contribution in [0.15, 0.2) is 53.9 Å². The van der Waals surface area contributed by atoms with E-state index in [1.807, 2.05) is 0 Å². The number of para-hydroxylation sites is 1. The number of likely N-dealkylation sites (tertiary alicyclic amines) is 1. The van der Waals surface area contributed by atoms with E-state index in [9.17, 15) is 27.2 Å². The van der Waals surface area contributed by atoms with Crippen molar-refractivity contribution in [3.05, 3.63) is 76.5 Å². The molecule has 2 aromatic carbocycles. The van der Waals surface area contributed by atoms with Crippen LogP contribution in [0.4, 0.5) is 28.4 Å². The Balaban J connectivity index is 1.42. The first kappa shape index (κ1) is 24.6. The number of alkyl halides is 3. The van der Waals surface area contributed by atoms with Crippen LogP contribution in [0.25, 0.3) is 0 Å². The van der Waals surface area contributed by atoms with Gasteiger partial charge in [0.2, 0.25) is 5.91 Å². The molecule has 6 nitrogen and oxygen atoms in total. The second-order valence-electron chi connectivity index (χ2n) is 8.07. The molecule has 0 aliphatic carbocycles. The topological polar surface area (TPSA) is 74.3 Å². The van der Waals surface area contributed by atoms with E-state index in [0.717, 1.165) is 29.9 Å². The summed E-state index contributed by atoms with van der Waals surface area (Å²) in [4.78, 5) is 31.7. The third-order valence-corrected chi connectivity index (χ3v) is 6.38. The minimum atomic E-state index is -4.47. The maximum Gasteiger partial charge on any atom is 0.416 e. The summed E-state index contributed by atoms with van der Waals surface area (Å²) in [5.74, 6) is -1.32. The van der Waals surface area contributed by atoms with Gasteiger partial charge in [-0.3, -0.25) is 9.59 Å². The highest BCUT2D eigenvalue weighted by molar-refractivity contribution is 7.14. The highest BCUT2D eigenvalue weighted by Crippen LogP contribution is 2.30. The molecule has 11 heteroatoms. The number of carbonyl (C=O) groups excluding carboxylic acids is 2. The fourth-order valence-electron chi connectivity index (χ4n) is 3.87. The summed E-state index contributed by atoms with van der Waals surface area (Å²) in [6, 6.07) is 10.1. The number of benzene rings is 2. The van der Waals surface area contributed by atoms with E-state index in [-0.39, 0.29) is 17.9 Å². The SMILES string of the molecule is O=C(NCc1cccc(C(F)(F)F)c1)C1CCCCN1C(=O)c1csc(Nc2ccccc2F)n1. The molecule has 0 radical (unpaired) electrons. The first-order valence-corrected chi connectivity index (χ1v) is 11.8. The fourth-order valence-corrected chi connectivity index (χ4v) is 4.56. The fraction of sp³-hybridized carbons (Fsp3) is 0.292. The zero-order valence-electron chi connectivity index (χ0n) is 18.4. The van der Waals surface area contributed by atoms with Gasteiger partial charge in [-0.25, -0.2) is 9.37 Å². The number of rotatable bonds is 6. The van der Waals surface area contributed by atoms with E-state index in [1.165, 1.54) is 28.5 Å². The standard InChI is InChI=1S/C24H22F4N4O2S/c25-17-8-1-2-9-18(17)30-23-31-19(14-35-23)22(34)32-11-4-3-10-20(32)21(33)29-13-15-6-5-7-16(12-15)24(26,27)28/h1-2,5-9,12,14,20H,3-4,10-11,13H2,(H,29,33)(H,30,31). The number of anilines is 2. The van der Waals surface area contributed by atoms with Crippen LogP contribution in [-0.2, 0) is 17.5 Å². The second-order valence-corrected chi connectivity index (χ2v) is 8.93. The molecule has 2 amide bonds. The molecule has 1 saturated heterocycles.